The topological polar surface area (TPSA) is 78.7 Å². The summed E-state index contributed by atoms with van der Waals surface area (Å²) in [5, 5.41) is 8.25. The molecule has 0 saturated heterocycles. The first kappa shape index (κ1) is 19.0. The van der Waals surface area contributed by atoms with E-state index >= 15 is 0 Å². The third-order valence-corrected chi connectivity index (χ3v) is 5.06. The molecular formula is C19H26N4O4. The Morgan fingerprint density at radius 1 is 1.22 bits per heavy atom. The van der Waals surface area contributed by atoms with Gasteiger partial charge in [0.2, 0.25) is 11.7 Å². The van der Waals surface area contributed by atoms with Gasteiger partial charge < -0.3 is 19.1 Å². The average molecular weight is 374 g/mol. The molecule has 1 aliphatic carbocycles. The van der Waals surface area contributed by atoms with Crippen molar-refractivity contribution in [3.63, 3.8) is 0 Å². The van der Waals surface area contributed by atoms with E-state index in [-0.39, 0.29) is 11.8 Å². The highest BCUT2D eigenvalue weighted by atomic mass is 16.5. The molecule has 0 radical (unpaired) electrons. The van der Waals surface area contributed by atoms with Crippen LogP contribution in [0.15, 0.2) is 12.1 Å². The molecular weight excluding hydrogens is 348 g/mol. The van der Waals surface area contributed by atoms with Gasteiger partial charge in [0.05, 0.1) is 32.7 Å². The number of ether oxygens (including phenoxy) is 3. The summed E-state index contributed by atoms with van der Waals surface area (Å²) in [6.07, 6.45) is 2.28. The molecule has 27 heavy (non-hydrogen) atoms. The molecule has 0 spiro atoms. The van der Waals surface area contributed by atoms with Gasteiger partial charge in [0.25, 0.3) is 0 Å². The van der Waals surface area contributed by atoms with Gasteiger partial charge in [-0.1, -0.05) is 5.21 Å². The molecule has 3 rings (SSSR count). The first-order valence-electron chi connectivity index (χ1n) is 8.89. The Morgan fingerprint density at radius 3 is 2.48 bits per heavy atom. The first-order chi connectivity index (χ1) is 13.0. The van der Waals surface area contributed by atoms with Crippen LogP contribution in [0.2, 0.25) is 0 Å². The molecule has 0 saturated carbocycles. The fraction of sp³-hybridized carbons (Fsp3) is 0.526. The number of hydrogen-bond donors (Lipinski definition) is 0. The second-order valence-corrected chi connectivity index (χ2v) is 6.77. The maximum absolute atomic E-state index is 12.9. The van der Waals surface area contributed by atoms with E-state index in [4.69, 9.17) is 14.2 Å². The van der Waals surface area contributed by atoms with E-state index in [9.17, 15) is 4.79 Å². The summed E-state index contributed by atoms with van der Waals surface area (Å²) in [5.41, 5.74) is 2.98. The van der Waals surface area contributed by atoms with Crippen LogP contribution in [0.3, 0.4) is 0 Å². The van der Waals surface area contributed by atoms with Gasteiger partial charge >= 0.3 is 0 Å². The summed E-state index contributed by atoms with van der Waals surface area (Å²) in [5.74, 6) is 1.74. The SMILES string of the molecule is COc1cc(CN(C)C(=O)C2CCc3c(nnn3C)C2)cc(OC)c1OC. The second kappa shape index (κ2) is 7.85. The Balaban J connectivity index is 1.73. The number of aromatic nitrogens is 3. The van der Waals surface area contributed by atoms with E-state index in [1.807, 2.05) is 26.2 Å². The summed E-state index contributed by atoms with van der Waals surface area (Å²) >= 11 is 0. The van der Waals surface area contributed by atoms with Gasteiger partial charge in [-0.05, 0) is 30.5 Å². The van der Waals surface area contributed by atoms with Crippen LogP contribution in [0.1, 0.15) is 23.4 Å². The zero-order chi connectivity index (χ0) is 19.6. The summed E-state index contributed by atoms with van der Waals surface area (Å²) in [6, 6.07) is 3.74. The van der Waals surface area contributed by atoms with Crippen LogP contribution in [-0.2, 0) is 31.2 Å². The van der Waals surface area contributed by atoms with E-state index in [0.717, 1.165) is 29.8 Å². The molecule has 1 aliphatic rings. The van der Waals surface area contributed by atoms with E-state index in [0.29, 0.717) is 30.2 Å². The molecule has 8 nitrogen and oxygen atoms in total. The number of carbonyl (C=O) groups excluding carboxylic acids is 1. The zero-order valence-electron chi connectivity index (χ0n) is 16.5. The minimum absolute atomic E-state index is 0.0683. The number of carbonyl (C=O) groups is 1. The monoisotopic (exact) mass is 374 g/mol. The van der Waals surface area contributed by atoms with Crippen LogP contribution in [0.4, 0.5) is 0 Å². The largest absolute Gasteiger partial charge is 0.493 e. The Labute approximate surface area is 159 Å². The molecule has 2 aromatic rings. The Bertz CT molecular complexity index is 808. The highest BCUT2D eigenvalue weighted by molar-refractivity contribution is 5.79. The molecule has 1 amide bonds. The van der Waals surface area contributed by atoms with E-state index in [1.165, 1.54) is 0 Å². The molecule has 146 valence electrons. The third-order valence-electron chi connectivity index (χ3n) is 5.06. The van der Waals surface area contributed by atoms with Crippen molar-refractivity contribution in [2.24, 2.45) is 13.0 Å². The number of benzene rings is 1. The normalized spacial score (nSPS) is 15.8. The van der Waals surface area contributed by atoms with Crippen LogP contribution >= 0.6 is 0 Å². The minimum Gasteiger partial charge on any atom is -0.493 e. The smallest absolute Gasteiger partial charge is 0.226 e. The molecule has 0 aliphatic heterocycles. The molecule has 1 unspecified atom stereocenters. The maximum Gasteiger partial charge on any atom is 0.226 e. The van der Waals surface area contributed by atoms with Gasteiger partial charge in [0.1, 0.15) is 0 Å². The van der Waals surface area contributed by atoms with Crippen LogP contribution < -0.4 is 14.2 Å². The Hall–Kier alpha value is -2.77. The molecule has 1 heterocycles. The van der Waals surface area contributed by atoms with E-state index < -0.39 is 0 Å². The van der Waals surface area contributed by atoms with Crippen molar-refractivity contribution in [2.75, 3.05) is 28.4 Å². The minimum atomic E-state index is -0.0683. The van der Waals surface area contributed by atoms with Gasteiger partial charge in [0, 0.05) is 33.0 Å². The number of aryl methyl sites for hydroxylation is 1. The van der Waals surface area contributed by atoms with Crippen molar-refractivity contribution in [1.82, 2.24) is 19.9 Å². The van der Waals surface area contributed by atoms with Gasteiger partial charge in [-0.3, -0.25) is 9.48 Å². The van der Waals surface area contributed by atoms with Crippen LogP contribution in [0.25, 0.3) is 0 Å². The van der Waals surface area contributed by atoms with E-state index in [1.54, 1.807) is 30.9 Å². The van der Waals surface area contributed by atoms with Gasteiger partial charge in [0.15, 0.2) is 11.5 Å². The molecule has 0 bridgehead atoms. The standard InChI is InChI=1S/C19H26N4O4/c1-22(11-12-8-16(25-3)18(27-5)17(9-12)26-4)19(24)13-6-7-15-14(10-13)20-21-23(15)2/h8-9,13H,6-7,10-11H2,1-5H3. The fourth-order valence-electron chi connectivity index (χ4n) is 3.63. The Morgan fingerprint density at radius 2 is 1.89 bits per heavy atom. The number of fused-ring (bicyclic) bond motifs is 1. The summed E-state index contributed by atoms with van der Waals surface area (Å²) in [4.78, 5) is 14.7. The molecule has 1 aromatic carbocycles. The quantitative estimate of drug-likeness (QED) is 0.764. The number of methoxy groups -OCH3 is 3. The summed E-state index contributed by atoms with van der Waals surface area (Å²) in [6.45, 7) is 0.458. The molecule has 1 atom stereocenters. The number of amides is 1. The lowest BCUT2D eigenvalue weighted by Gasteiger charge is -2.26. The van der Waals surface area contributed by atoms with Crippen molar-refractivity contribution < 1.29 is 19.0 Å². The number of hydrogen-bond acceptors (Lipinski definition) is 6. The summed E-state index contributed by atoms with van der Waals surface area (Å²) < 4.78 is 17.9. The third kappa shape index (κ3) is 3.70. The molecule has 1 aromatic heterocycles. The highest BCUT2D eigenvalue weighted by Gasteiger charge is 2.30. The zero-order valence-corrected chi connectivity index (χ0v) is 16.5. The van der Waals surface area contributed by atoms with Gasteiger partial charge in [-0.25, -0.2) is 0 Å². The van der Waals surface area contributed by atoms with Gasteiger partial charge in [-0.15, -0.1) is 5.10 Å². The van der Waals surface area contributed by atoms with Crippen LogP contribution in [-0.4, -0.2) is 54.2 Å². The van der Waals surface area contributed by atoms with E-state index in [2.05, 4.69) is 10.3 Å². The van der Waals surface area contributed by atoms with Crippen molar-refractivity contribution in [2.45, 2.75) is 25.8 Å². The lowest BCUT2D eigenvalue weighted by atomic mass is 9.88. The van der Waals surface area contributed by atoms with Crippen molar-refractivity contribution in [1.29, 1.82) is 0 Å². The fourth-order valence-corrected chi connectivity index (χ4v) is 3.63. The highest BCUT2D eigenvalue weighted by Crippen LogP contribution is 2.38. The number of rotatable bonds is 6. The van der Waals surface area contributed by atoms with Gasteiger partial charge in [-0.2, -0.15) is 0 Å². The second-order valence-electron chi connectivity index (χ2n) is 6.77. The summed E-state index contributed by atoms with van der Waals surface area (Å²) in [7, 11) is 8.44. The lowest BCUT2D eigenvalue weighted by molar-refractivity contribution is -0.135. The average Bonchev–Trinajstić information content (AvgIpc) is 3.06. The predicted molar refractivity (Wildman–Crippen MR) is 99.1 cm³/mol. The first-order valence-corrected chi connectivity index (χ1v) is 8.89. The maximum atomic E-state index is 12.9. The predicted octanol–water partition coefficient (Wildman–Crippen LogP) is 1.60. The van der Waals surface area contributed by atoms with Crippen LogP contribution in [0.5, 0.6) is 17.2 Å². The lowest BCUT2D eigenvalue weighted by Crippen LogP contribution is -2.35. The van der Waals surface area contributed by atoms with Crippen molar-refractivity contribution in [3.05, 3.63) is 29.1 Å². The molecule has 0 fully saturated rings. The number of nitrogens with zero attached hydrogens (tertiary/aromatic N) is 4. The van der Waals surface area contributed by atoms with Crippen molar-refractivity contribution >= 4 is 5.91 Å². The van der Waals surface area contributed by atoms with Crippen LogP contribution in [0, 0.1) is 5.92 Å². The molecule has 0 N–H and O–H groups in total. The van der Waals surface area contributed by atoms with Crippen molar-refractivity contribution in [3.8, 4) is 17.2 Å². The Kier molecular flexibility index (Phi) is 5.53. The molecule has 8 heteroatoms.